The summed E-state index contributed by atoms with van der Waals surface area (Å²) in [6, 6.07) is 5.04. The number of anilines is 2. The molecule has 2 rings (SSSR count). The summed E-state index contributed by atoms with van der Waals surface area (Å²) in [5.41, 5.74) is 6.99. The SMILES string of the molecule is CN(CC1CC(O)C1)c1cccc(S(C)(=O)=O)c1N. The van der Waals surface area contributed by atoms with Crippen molar-refractivity contribution in [3.63, 3.8) is 0 Å². The van der Waals surface area contributed by atoms with Crippen LogP contribution >= 0.6 is 0 Å². The van der Waals surface area contributed by atoms with Crippen LogP contribution in [0, 0.1) is 5.92 Å². The number of aliphatic hydroxyl groups excluding tert-OH is 1. The summed E-state index contributed by atoms with van der Waals surface area (Å²) in [5, 5.41) is 9.28. The van der Waals surface area contributed by atoms with E-state index in [0.717, 1.165) is 31.3 Å². The Morgan fingerprint density at radius 1 is 1.42 bits per heavy atom. The fourth-order valence-electron chi connectivity index (χ4n) is 2.52. The third kappa shape index (κ3) is 3.01. The van der Waals surface area contributed by atoms with Gasteiger partial charge in [-0.05, 0) is 30.9 Å². The van der Waals surface area contributed by atoms with Crippen LogP contribution in [0.25, 0.3) is 0 Å². The quantitative estimate of drug-likeness (QED) is 0.802. The minimum atomic E-state index is -3.31. The number of hydrogen-bond donors (Lipinski definition) is 2. The van der Waals surface area contributed by atoms with Crippen LogP contribution < -0.4 is 10.6 Å². The lowest BCUT2D eigenvalue weighted by atomic mass is 9.82. The van der Waals surface area contributed by atoms with E-state index in [1.54, 1.807) is 6.07 Å². The second kappa shape index (κ2) is 5.02. The van der Waals surface area contributed by atoms with E-state index in [2.05, 4.69) is 0 Å². The van der Waals surface area contributed by atoms with Gasteiger partial charge in [0.15, 0.2) is 9.84 Å². The molecular weight excluding hydrogens is 264 g/mol. The Bertz CT molecular complexity index is 565. The van der Waals surface area contributed by atoms with Gasteiger partial charge in [-0.2, -0.15) is 0 Å². The number of nitrogens with zero attached hydrogens (tertiary/aromatic N) is 1. The van der Waals surface area contributed by atoms with Gasteiger partial charge in [0.05, 0.1) is 22.4 Å². The van der Waals surface area contributed by atoms with Gasteiger partial charge in [0.25, 0.3) is 0 Å². The van der Waals surface area contributed by atoms with Crippen molar-refractivity contribution in [1.82, 2.24) is 0 Å². The van der Waals surface area contributed by atoms with Gasteiger partial charge in [-0.25, -0.2) is 8.42 Å². The number of hydrogen-bond acceptors (Lipinski definition) is 5. The molecule has 0 aliphatic heterocycles. The van der Waals surface area contributed by atoms with Crippen molar-refractivity contribution in [3.05, 3.63) is 18.2 Å². The maximum Gasteiger partial charge on any atom is 0.177 e. The molecule has 0 heterocycles. The van der Waals surface area contributed by atoms with Crippen LogP contribution in [0.15, 0.2) is 23.1 Å². The average molecular weight is 284 g/mol. The van der Waals surface area contributed by atoms with Gasteiger partial charge in [-0.1, -0.05) is 6.07 Å². The Kier molecular flexibility index (Phi) is 3.73. The van der Waals surface area contributed by atoms with Gasteiger partial charge < -0.3 is 15.7 Å². The molecule has 1 aromatic rings. The van der Waals surface area contributed by atoms with Crippen molar-refractivity contribution in [2.75, 3.05) is 30.5 Å². The fraction of sp³-hybridized carbons (Fsp3) is 0.538. The maximum atomic E-state index is 11.6. The molecule has 1 aromatic carbocycles. The summed E-state index contributed by atoms with van der Waals surface area (Å²) in [6.07, 6.45) is 2.58. The van der Waals surface area contributed by atoms with Crippen LogP contribution in [-0.4, -0.2) is 39.5 Å². The molecule has 0 unspecified atom stereocenters. The molecule has 5 nitrogen and oxygen atoms in total. The first-order chi connectivity index (χ1) is 8.79. The third-order valence-corrected chi connectivity index (χ3v) is 4.75. The highest BCUT2D eigenvalue weighted by Gasteiger charge is 2.28. The molecule has 1 saturated carbocycles. The van der Waals surface area contributed by atoms with Crippen LogP contribution in [0.2, 0.25) is 0 Å². The number of nitrogen functional groups attached to an aromatic ring is 1. The maximum absolute atomic E-state index is 11.6. The number of benzene rings is 1. The van der Waals surface area contributed by atoms with Crippen LogP contribution in [0.3, 0.4) is 0 Å². The largest absolute Gasteiger partial charge is 0.396 e. The van der Waals surface area contributed by atoms with E-state index >= 15 is 0 Å². The summed E-state index contributed by atoms with van der Waals surface area (Å²) >= 11 is 0. The van der Waals surface area contributed by atoms with Crippen molar-refractivity contribution >= 4 is 21.2 Å². The van der Waals surface area contributed by atoms with Gasteiger partial charge in [-0.3, -0.25) is 0 Å². The van der Waals surface area contributed by atoms with Gasteiger partial charge in [0, 0.05) is 19.8 Å². The molecular formula is C13H20N2O3S. The second-order valence-electron chi connectivity index (χ2n) is 5.33. The zero-order chi connectivity index (χ0) is 14.2. The van der Waals surface area contributed by atoms with Crippen molar-refractivity contribution < 1.29 is 13.5 Å². The normalized spacial score (nSPS) is 22.9. The van der Waals surface area contributed by atoms with Gasteiger partial charge in [0.1, 0.15) is 0 Å². The molecule has 19 heavy (non-hydrogen) atoms. The van der Waals surface area contributed by atoms with Crippen LogP contribution in [0.5, 0.6) is 0 Å². The number of para-hydroxylation sites is 1. The zero-order valence-corrected chi connectivity index (χ0v) is 12.0. The Hall–Kier alpha value is -1.27. The first kappa shape index (κ1) is 14.1. The lowest BCUT2D eigenvalue weighted by molar-refractivity contribution is 0.0465. The lowest BCUT2D eigenvalue weighted by Gasteiger charge is -2.35. The highest BCUT2D eigenvalue weighted by atomic mass is 32.2. The molecule has 0 amide bonds. The van der Waals surface area contributed by atoms with E-state index in [1.165, 1.54) is 6.07 Å². The fourth-order valence-corrected chi connectivity index (χ4v) is 3.35. The van der Waals surface area contributed by atoms with E-state index in [0.29, 0.717) is 11.6 Å². The summed E-state index contributed by atoms with van der Waals surface area (Å²) in [5.74, 6) is 0.446. The highest BCUT2D eigenvalue weighted by Crippen LogP contribution is 2.33. The molecule has 0 aromatic heterocycles. The van der Waals surface area contributed by atoms with Crippen molar-refractivity contribution in [1.29, 1.82) is 0 Å². The molecule has 0 saturated heterocycles. The molecule has 106 valence electrons. The minimum Gasteiger partial charge on any atom is -0.396 e. The molecule has 1 aliphatic carbocycles. The zero-order valence-electron chi connectivity index (χ0n) is 11.2. The van der Waals surface area contributed by atoms with Crippen molar-refractivity contribution in [2.45, 2.75) is 23.8 Å². The number of aliphatic hydroxyl groups is 1. The highest BCUT2D eigenvalue weighted by molar-refractivity contribution is 7.90. The molecule has 3 N–H and O–H groups in total. The lowest BCUT2D eigenvalue weighted by Crippen LogP contribution is -2.37. The monoisotopic (exact) mass is 284 g/mol. The molecule has 0 atom stereocenters. The number of sulfone groups is 1. The van der Waals surface area contributed by atoms with Gasteiger partial charge >= 0.3 is 0 Å². The Labute approximate surface area is 113 Å². The standard InChI is InChI=1S/C13H20N2O3S/c1-15(8-9-6-10(16)7-9)11-4-3-5-12(13(11)14)19(2,17)18/h3-5,9-10,16H,6-8,14H2,1-2H3. The summed E-state index contributed by atoms with van der Waals surface area (Å²) in [6.45, 7) is 0.772. The van der Waals surface area contributed by atoms with E-state index in [4.69, 9.17) is 5.73 Å². The summed E-state index contributed by atoms with van der Waals surface area (Å²) in [7, 11) is -1.42. The summed E-state index contributed by atoms with van der Waals surface area (Å²) < 4.78 is 23.3. The smallest absolute Gasteiger partial charge is 0.177 e. The predicted molar refractivity (Wildman–Crippen MR) is 76.0 cm³/mol. The van der Waals surface area contributed by atoms with Gasteiger partial charge in [0.2, 0.25) is 0 Å². The van der Waals surface area contributed by atoms with Crippen molar-refractivity contribution in [2.24, 2.45) is 5.92 Å². The molecule has 0 radical (unpaired) electrons. The van der Waals surface area contributed by atoms with Crippen LogP contribution in [0.1, 0.15) is 12.8 Å². The molecule has 1 fully saturated rings. The first-order valence-electron chi connectivity index (χ1n) is 6.26. The Morgan fingerprint density at radius 3 is 2.58 bits per heavy atom. The number of rotatable bonds is 4. The first-order valence-corrected chi connectivity index (χ1v) is 8.16. The van der Waals surface area contributed by atoms with Crippen LogP contribution in [-0.2, 0) is 9.84 Å². The van der Waals surface area contributed by atoms with Crippen molar-refractivity contribution in [3.8, 4) is 0 Å². The minimum absolute atomic E-state index is 0.172. The van der Waals surface area contributed by atoms with E-state index < -0.39 is 9.84 Å². The molecule has 0 bridgehead atoms. The summed E-state index contributed by atoms with van der Waals surface area (Å²) in [4.78, 5) is 2.13. The molecule has 0 spiro atoms. The van der Waals surface area contributed by atoms with E-state index in [9.17, 15) is 13.5 Å². The van der Waals surface area contributed by atoms with Gasteiger partial charge in [-0.15, -0.1) is 0 Å². The molecule has 6 heteroatoms. The molecule has 1 aliphatic rings. The topological polar surface area (TPSA) is 83.6 Å². The second-order valence-corrected chi connectivity index (χ2v) is 7.32. The predicted octanol–water partition coefficient (Wildman–Crippen LogP) is 0.879. The number of nitrogens with two attached hydrogens (primary N) is 1. The average Bonchev–Trinajstić information content (AvgIpc) is 2.25. The Morgan fingerprint density at radius 2 is 2.05 bits per heavy atom. The Balaban J connectivity index is 2.20. The van der Waals surface area contributed by atoms with E-state index in [1.807, 2.05) is 18.0 Å². The third-order valence-electron chi connectivity index (χ3n) is 3.60. The van der Waals surface area contributed by atoms with Crippen LogP contribution in [0.4, 0.5) is 11.4 Å². The van der Waals surface area contributed by atoms with E-state index in [-0.39, 0.29) is 11.0 Å².